The van der Waals surface area contributed by atoms with Gasteiger partial charge in [0.1, 0.15) is 16.5 Å². The number of H-pyrrole nitrogens is 1. The van der Waals surface area contributed by atoms with Crippen LogP contribution in [-0.4, -0.2) is 37.3 Å². The molecule has 2 aliphatic rings. The van der Waals surface area contributed by atoms with Gasteiger partial charge in [-0.05, 0) is 86.4 Å². The summed E-state index contributed by atoms with van der Waals surface area (Å²) in [5.41, 5.74) is 4.82. The summed E-state index contributed by atoms with van der Waals surface area (Å²) >= 11 is 0. The molecule has 1 fully saturated rings. The number of aromatic nitrogens is 1. The van der Waals surface area contributed by atoms with Crippen LogP contribution in [0.5, 0.6) is 5.75 Å². The van der Waals surface area contributed by atoms with Crippen molar-refractivity contribution in [2.75, 3.05) is 13.1 Å². The molecule has 2 aliphatic heterocycles. The summed E-state index contributed by atoms with van der Waals surface area (Å²) in [6.07, 6.45) is 3.79. The maximum absolute atomic E-state index is 13.8. The minimum atomic E-state index is -4.31. The molecule has 4 aromatic rings. The second-order valence-corrected chi connectivity index (χ2v) is 11.6. The van der Waals surface area contributed by atoms with Crippen LogP contribution < -0.4 is 9.50 Å². The third kappa shape index (κ3) is 4.56. The Labute approximate surface area is 220 Å². The zero-order valence-corrected chi connectivity index (χ0v) is 21.8. The number of amides is 1. The van der Waals surface area contributed by atoms with Crippen molar-refractivity contribution in [3.8, 4) is 17.0 Å². The summed E-state index contributed by atoms with van der Waals surface area (Å²) in [4.78, 5) is 18.5. The molecule has 1 aromatic heterocycles. The van der Waals surface area contributed by atoms with E-state index in [4.69, 9.17) is 4.18 Å². The zero-order chi connectivity index (χ0) is 26.4. The molecule has 0 atom stereocenters. The standard InChI is InChI=1S/C29H28FN3O4S/c1-18-5-7-21(30)15-27(18)38(35,36)37-26-10-8-22(28-23(26)16-31-29(28)34)25-14-20-13-19(6-9-24(20)32-25)17-33-11-3-2-4-12-33/h5-10,13-15,32H,2-4,11-12,16-17H2,1H3,(H,31,34). The number of aromatic amines is 1. The Morgan fingerprint density at radius 3 is 2.63 bits per heavy atom. The van der Waals surface area contributed by atoms with Gasteiger partial charge in [-0.15, -0.1) is 0 Å². The van der Waals surface area contributed by atoms with E-state index in [2.05, 4.69) is 33.4 Å². The van der Waals surface area contributed by atoms with Gasteiger partial charge in [-0.3, -0.25) is 9.69 Å². The van der Waals surface area contributed by atoms with Crippen LogP contribution in [0.3, 0.4) is 0 Å². The van der Waals surface area contributed by atoms with E-state index in [1.165, 1.54) is 37.0 Å². The van der Waals surface area contributed by atoms with Crippen LogP contribution in [0, 0.1) is 12.7 Å². The van der Waals surface area contributed by atoms with Gasteiger partial charge >= 0.3 is 10.1 Å². The first-order chi connectivity index (χ1) is 18.3. The molecule has 3 aromatic carbocycles. The molecule has 1 amide bonds. The molecule has 0 unspecified atom stereocenters. The number of hydrogen-bond donors (Lipinski definition) is 2. The van der Waals surface area contributed by atoms with E-state index in [1.54, 1.807) is 19.1 Å². The Morgan fingerprint density at radius 2 is 1.82 bits per heavy atom. The minimum Gasteiger partial charge on any atom is -0.379 e. The highest BCUT2D eigenvalue weighted by molar-refractivity contribution is 7.87. The predicted molar refractivity (Wildman–Crippen MR) is 143 cm³/mol. The quantitative estimate of drug-likeness (QED) is 0.329. The third-order valence-electron chi connectivity index (χ3n) is 7.37. The number of benzene rings is 3. The zero-order valence-electron chi connectivity index (χ0n) is 21.0. The summed E-state index contributed by atoms with van der Waals surface area (Å²) in [7, 11) is -4.31. The largest absolute Gasteiger partial charge is 0.379 e. The topological polar surface area (TPSA) is 91.5 Å². The molecule has 2 N–H and O–H groups in total. The molecule has 38 heavy (non-hydrogen) atoms. The van der Waals surface area contributed by atoms with Gasteiger partial charge in [0.25, 0.3) is 5.91 Å². The van der Waals surface area contributed by atoms with Crippen molar-refractivity contribution >= 4 is 26.9 Å². The number of likely N-dealkylation sites (tertiary alicyclic amines) is 1. The van der Waals surface area contributed by atoms with E-state index >= 15 is 0 Å². The average Bonchev–Trinajstić information content (AvgIpc) is 3.50. The number of aryl methyl sites for hydroxylation is 1. The maximum Gasteiger partial charge on any atom is 0.339 e. The number of nitrogens with zero attached hydrogens (tertiary/aromatic N) is 1. The van der Waals surface area contributed by atoms with Gasteiger partial charge in [-0.2, -0.15) is 8.42 Å². The molecule has 0 aliphatic carbocycles. The summed E-state index contributed by atoms with van der Waals surface area (Å²) in [6.45, 7) is 4.87. The smallest absolute Gasteiger partial charge is 0.339 e. The fraction of sp³-hybridized carbons (Fsp3) is 0.276. The molecule has 0 spiro atoms. The van der Waals surface area contributed by atoms with Crippen LogP contribution in [0.25, 0.3) is 22.2 Å². The number of rotatable bonds is 6. The molecule has 7 nitrogen and oxygen atoms in total. The van der Waals surface area contributed by atoms with Crippen LogP contribution in [0.15, 0.2) is 59.5 Å². The molecule has 3 heterocycles. The molecule has 0 bridgehead atoms. The van der Waals surface area contributed by atoms with Gasteiger partial charge in [0.05, 0.1) is 5.56 Å². The highest BCUT2D eigenvalue weighted by Crippen LogP contribution is 2.37. The van der Waals surface area contributed by atoms with Crippen molar-refractivity contribution in [2.24, 2.45) is 0 Å². The predicted octanol–water partition coefficient (Wildman–Crippen LogP) is 5.28. The Hall–Kier alpha value is -3.69. The first-order valence-electron chi connectivity index (χ1n) is 12.8. The van der Waals surface area contributed by atoms with Crippen molar-refractivity contribution < 1.29 is 21.8 Å². The maximum atomic E-state index is 13.8. The van der Waals surface area contributed by atoms with E-state index in [0.717, 1.165) is 42.3 Å². The Balaban J connectivity index is 1.34. The number of carbonyl (C=O) groups is 1. The van der Waals surface area contributed by atoms with Gasteiger partial charge in [-0.1, -0.05) is 18.6 Å². The molecule has 0 radical (unpaired) electrons. The van der Waals surface area contributed by atoms with Crippen LogP contribution >= 0.6 is 0 Å². The normalized spacial score (nSPS) is 16.0. The van der Waals surface area contributed by atoms with Gasteiger partial charge < -0.3 is 14.5 Å². The number of fused-ring (bicyclic) bond motifs is 2. The average molecular weight is 534 g/mol. The van der Waals surface area contributed by atoms with Crippen LogP contribution in [0.2, 0.25) is 0 Å². The summed E-state index contributed by atoms with van der Waals surface area (Å²) in [5.74, 6) is -0.928. The van der Waals surface area contributed by atoms with Crippen LogP contribution in [0.1, 0.15) is 46.3 Å². The van der Waals surface area contributed by atoms with E-state index in [1.807, 2.05) is 6.07 Å². The second kappa shape index (κ2) is 9.56. The van der Waals surface area contributed by atoms with Crippen LogP contribution in [0.4, 0.5) is 4.39 Å². The highest BCUT2D eigenvalue weighted by Gasteiger charge is 2.30. The lowest BCUT2D eigenvalue weighted by Crippen LogP contribution is -2.28. The van der Waals surface area contributed by atoms with Gasteiger partial charge in [0, 0.05) is 40.8 Å². The molecule has 6 rings (SSSR count). The van der Waals surface area contributed by atoms with Crippen molar-refractivity contribution in [3.05, 3.63) is 82.7 Å². The Morgan fingerprint density at radius 1 is 1.00 bits per heavy atom. The first kappa shape index (κ1) is 24.6. The van der Waals surface area contributed by atoms with E-state index in [9.17, 15) is 17.6 Å². The van der Waals surface area contributed by atoms with Crippen molar-refractivity contribution in [2.45, 2.75) is 44.2 Å². The fourth-order valence-corrected chi connectivity index (χ4v) is 6.63. The third-order valence-corrected chi connectivity index (χ3v) is 8.75. The molecular weight excluding hydrogens is 505 g/mol. The number of nitrogens with one attached hydrogen (secondary N) is 2. The molecule has 9 heteroatoms. The van der Waals surface area contributed by atoms with Gasteiger partial charge in [0.2, 0.25) is 0 Å². The van der Waals surface area contributed by atoms with E-state index in [0.29, 0.717) is 22.3 Å². The van der Waals surface area contributed by atoms with E-state index < -0.39 is 15.9 Å². The molecule has 196 valence electrons. The number of carbonyl (C=O) groups excluding carboxylic acids is 1. The SMILES string of the molecule is Cc1ccc(F)cc1S(=O)(=O)Oc1ccc(-c2cc3cc(CN4CCCCC4)ccc3[nH]2)c2c1CNC2=O. The summed E-state index contributed by atoms with van der Waals surface area (Å²) in [5, 5.41) is 3.82. The van der Waals surface area contributed by atoms with Crippen molar-refractivity contribution in [1.29, 1.82) is 0 Å². The van der Waals surface area contributed by atoms with E-state index in [-0.39, 0.29) is 23.1 Å². The fourth-order valence-electron chi connectivity index (χ4n) is 5.43. The van der Waals surface area contributed by atoms with Crippen molar-refractivity contribution in [3.63, 3.8) is 0 Å². The Kier molecular flexibility index (Phi) is 6.20. The highest BCUT2D eigenvalue weighted by atomic mass is 32.2. The monoisotopic (exact) mass is 533 g/mol. The number of halogens is 1. The molecular formula is C29H28FN3O4S. The van der Waals surface area contributed by atoms with Crippen LogP contribution in [-0.2, 0) is 23.2 Å². The molecule has 0 saturated carbocycles. The lowest BCUT2D eigenvalue weighted by molar-refractivity contribution is 0.0966. The second-order valence-electron chi connectivity index (χ2n) is 10.0. The number of piperidine rings is 1. The minimum absolute atomic E-state index is 0.0469. The van der Waals surface area contributed by atoms with Gasteiger partial charge in [0.15, 0.2) is 0 Å². The Bertz CT molecular complexity index is 1670. The first-order valence-corrected chi connectivity index (χ1v) is 14.2. The molecule has 1 saturated heterocycles. The lowest BCUT2D eigenvalue weighted by atomic mass is 9.99. The summed E-state index contributed by atoms with van der Waals surface area (Å²) in [6, 6.07) is 15.1. The number of hydrogen-bond acceptors (Lipinski definition) is 5. The summed E-state index contributed by atoms with van der Waals surface area (Å²) < 4.78 is 45.2. The lowest BCUT2D eigenvalue weighted by Gasteiger charge is -2.26. The van der Waals surface area contributed by atoms with Gasteiger partial charge in [-0.25, -0.2) is 4.39 Å². The van der Waals surface area contributed by atoms with Crippen molar-refractivity contribution in [1.82, 2.24) is 15.2 Å².